The SMILES string of the molecule is COc1ccc(/C=C\c2cc(Br)c(OC)c(OC)c2)cc1.[Li]. The average Bonchev–Trinajstić information content (AvgIpc) is 2.52. The van der Waals surface area contributed by atoms with E-state index in [4.69, 9.17) is 14.2 Å². The Bertz CT molecular complexity index is 639. The molecule has 3 nitrogen and oxygen atoms in total. The summed E-state index contributed by atoms with van der Waals surface area (Å²) in [6.07, 6.45) is 4.06. The third-order valence-corrected chi connectivity index (χ3v) is 3.63. The molecule has 0 aromatic heterocycles. The summed E-state index contributed by atoms with van der Waals surface area (Å²) in [4.78, 5) is 0. The Labute approximate surface area is 151 Å². The first-order valence-corrected chi connectivity index (χ1v) is 7.21. The van der Waals surface area contributed by atoms with Gasteiger partial charge in [0.25, 0.3) is 0 Å². The fourth-order valence-corrected chi connectivity index (χ4v) is 2.56. The molecule has 2 rings (SSSR count). The quantitative estimate of drug-likeness (QED) is 0.592. The fraction of sp³-hybridized carbons (Fsp3) is 0.176. The van der Waals surface area contributed by atoms with Crippen molar-refractivity contribution in [2.75, 3.05) is 21.3 Å². The summed E-state index contributed by atoms with van der Waals surface area (Å²) in [5.74, 6) is 2.24. The molecule has 0 N–H and O–H groups in total. The van der Waals surface area contributed by atoms with E-state index in [1.165, 1.54) is 0 Å². The number of methoxy groups -OCH3 is 3. The van der Waals surface area contributed by atoms with Gasteiger partial charge in [-0.1, -0.05) is 24.3 Å². The van der Waals surface area contributed by atoms with Crippen LogP contribution >= 0.6 is 15.9 Å². The maximum absolute atomic E-state index is 5.33. The zero-order valence-electron chi connectivity index (χ0n) is 13.2. The second-order valence-corrected chi connectivity index (χ2v) is 5.20. The molecule has 0 heterocycles. The van der Waals surface area contributed by atoms with Crippen LogP contribution in [0.25, 0.3) is 12.2 Å². The number of rotatable bonds is 5. The van der Waals surface area contributed by atoms with Crippen molar-refractivity contribution < 1.29 is 14.2 Å². The fourth-order valence-electron chi connectivity index (χ4n) is 1.94. The molecule has 0 saturated carbocycles. The predicted octanol–water partition coefficient (Wildman–Crippen LogP) is 4.26. The molecule has 0 spiro atoms. The van der Waals surface area contributed by atoms with E-state index in [0.717, 1.165) is 21.3 Å². The molecular weight excluding hydrogens is 339 g/mol. The van der Waals surface area contributed by atoms with Gasteiger partial charge in [0.2, 0.25) is 0 Å². The van der Waals surface area contributed by atoms with E-state index in [9.17, 15) is 0 Å². The van der Waals surface area contributed by atoms with Crippen LogP contribution in [0.5, 0.6) is 17.2 Å². The van der Waals surface area contributed by atoms with Crippen molar-refractivity contribution >= 4 is 46.9 Å². The van der Waals surface area contributed by atoms with Crippen molar-refractivity contribution in [2.45, 2.75) is 0 Å². The summed E-state index contributed by atoms with van der Waals surface area (Å²) < 4.78 is 16.6. The summed E-state index contributed by atoms with van der Waals surface area (Å²) in [6, 6.07) is 11.8. The van der Waals surface area contributed by atoms with Gasteiger partial charge in [0, 0.05) is 18.9 Å². The first-order chi connectivity index (χ1) is 10.2. The number of benzene rings is 2. The average molecular weight is 356 g/mol. The smallest absolute Gasteiger partial charge is 0.174 e. The van der Waals surface area contributed by atoms with Crippen LogP contribution in [0.15, 0.2) is 40.9 Å². The van der Waals surface area contributed by atoms with Crippen LogP contribution < -0.4 is 14.2 Å². The van der Waals surface area contributed by atoms with Crippen molar-refractivity contribution in [3.63, 3.8) is 0 Å². The van der Waals surface area contributed by atoms with Crippen LogP contribution in [-0.2, 0) is 0 Å². The van der Waals surface area contributed by atoms with Crippen LogP contribution in [-0.4, -0.2) is 40.2 Å². The molecule has 0 saturated heterocycles. The molecule has 0 aliphatic heterocycles. The van der Waals surface area contributed by atoms with Crippen LogP contribution in [0.1, 0.15) is 11.1 Å². The van der Waals surface area contributed by atoms with Crippen LogP contribution in [0, 0.1) is 0 Å². The van der Waals surface area contributed by atoms with Gasteiger partial charge in [-0.3, -0.25) is 0 Å². The van der Waals surface area contributed by atoms with E-state index in [2.05, 4.69) is 15.9 Å². The zero-order valence-corrected chi connectivity index (χ0v) is 14.8. The summed E-state index contributed by atoms with van der Waals surface area (Å²) >= 11 is 3.49. The van der Waals surface area contributed by atoms with Gasteiger partial charge in [0.15, 0.2) is 11.5 Å². The van der Waals surface area contributed by atoms with Gasteiger partial charge < -0.3 is 14.2 Å². The zero-order chi connectivity index (χ0) is 15.2. The molecule has 111 valence electrons. The van der Waals surface area contributed by atoms with Gasteiger partial charge in [-0.2, -0.15) is 0 Å². The molecule has 0 bridgehead atoms. The van der Waals surface area contributed by atoms with E-state index >= 15 is 0 Å². The maximum atomic E-state index is 5.33. The van der Waals surface area contributed by atoms with Gasteiger partial charge in [-0.05, 0) is 51.3 Å². The number of hydrogen-bond acceptors (Lipinski definition) is 3. The van der Waals surface area contributed by atoms with Crippen LogP contribution in [0.4, 0.5) is 0 Å². The van der Waals surface area contributed by atoms with Crippen molar-refractivity contribution in [1.82, 2.24) is 0 Å². The molecule has 5 heteroatoms. The predicted molar refractivity (Wildman–Crippen MR) is 94.9 cm³/mol. The maximum Gasteiger partial charge on any atom is 0.174 e. The topological polar surface area (TPSA) is 27.7 Å². The molecule has 2 aromatic rings. The summed E-state index contributed by atoms with van der Waals surface area (Å²) in [5.41, 5.74) is 2.12. The minimum absolute atomic E-state index is 0. The van der Waals surface area contributed by atoms with Crippen LogP contribution in [0.2, 0.25) is 0 Å². The first-order valence-electron chi connectivity index (χ1n) is 6.41. The summed E-state index contributed by atoms with van der Waals surface area (Å²) in [7, 11) is 4.91. The Morgan fingerprint density at radius 3 is 2.00 bits per heavy atom. The second kappa shape index (κ2) is 8.95. The molecule has 0 unspecified atom stereocenters. The molecule has 22 heavy (non-hydrogen) atoms. The van der Waals surface area contributed by atoms with E-state index in [1.54, 1.807) is 21.3 Å². The molecular formula is C17H17BrLiO3. The molecule has 2 aromatic carbocycles. The Morgan fingerprint density at radius 2 is 1.45 bits per heavy atom. The van der Waals surface area contributed by atoms with E-state index in [-0.39, 0.29) is 18.9 Å². The standard InChI is InChI=1S/C17H17BrO3.Li/c1-19-14-8-6-12(7-9-14)4-5-13-10-15(18)17(21-3)16(11-13)20-2;/h4-11H,1-3H3;/b5-4-;. The summed E-state index contributed by atoms with van der Waals surface area (Å²) in [5, 5.41) is 0. The largest absolute Gasteiger partial charge is 0.497 e. The van der Waals surface area contributed by atoms with E-state index in [0.29, 0.717) is 11.5 Å². The molecule has 0 fully saturated rings. The monoisotopic (exact) mass is 355 g/mol. The van der Waals surface area contributed by atoms with Crippen molar-refractivity contribution in [3.05, 3.63) is 52.0 Å². The van der Waals surface area contributed by atoms with E-state index < -0.39 is 0 Å². The molecule has 0 amide bonds. The van der Waals surface area contributed by atoms with Gasteiger partial charge in [-0.25, -0.2) is 0 Å². The van der Waals surface area contributed by atoms with Crippen molar-refractivity contribution in [3.8, 4) is 17.2 Å². The molecule has 0 atom stereocenters. The molecule has 1 radical (unpaired) electrons. The molecule has 0 aliphatic rings. The van der Waals surface area contributed by atoms with Gasteiger partial charge in [0.1, 0.15) is 5.75 Å². The first kappa shape index (κ1) is 18.7. The normalized spacial score (nSPS) is 10.2. The van der Waals surface area contributed by atoms with E-state index in [1.807, 2.05) is 48.6 Å². The van der Waals surface area contributed by atoms with Gasteiger partial charge in [0.05, 0.1) is 25.8 Å². The van der Waals surface area contributed by atoms with Crippen molar-refractivity contribution in [2.24, 2.45) is 0 Å². The van der Waals surface area contributed by atoms with Crippen molar-refractivity contribution in [1.29, 1.82) is 0 Å². The number of halogens is 1. The van der Waals surface area contributed by atoms with Crippen LogP contribution in [0.3, 0.4) is 0 Å². The third kappa shape index (κ3) is 4.58. The Hall–Kier alpha value is -1.34. The minimum atomic E-state index is 0. The van der Waals surface area contributed by atoms with Gasteiger partial charge >= 0.3 is 0 Å². The molecule has 0 aliphatic carbocycles. The Kier molecular flexibility index (Phi) is 7.61. The second-order valence-electron chi connectivity index (χ2n) is 4.34. The summed E-state index contributed by atoms with van der Waals surface area (Å²) in [6.45, 7) is 0. The minimum Gasteiger partial charge on any atom is -0.497 e. The Balaban J connectivity index is 0.00000242. The Morgan fingerprint density at radius 1 is 0.818 bits per heavy atom. The number of hydrogen-bond donors (Lipinski definition) is 0. The number of ether oxygens (including phenoxy) is 3. The third-order valence-electron chi connectivity index (χ3n) is 3.04. The van der Waals surface area contributed by atoms with Gasteiger partial charge in [-0.15, -0.1) is 0 Å².